The zero-order valence-corrected chi connectivity index (χ0v) is 14.0. The largest absolute Gasteiger partial charge is 0.497 e. The molecule has 0 bridgehead atoms. The van der Waals surface area contributed by atoms with Crippen molar-refractivity contribution in [3.63, 3.8) is 0 Å². The van der Waals surface area contributed by atoms with Gasteiger partial charge in [-0.25, -0.2) is 4.79 Å². The van der Waals surface area contributed by atoms with E-state index in [4.69, 9.17) is 14.7 Å². The molecule has 0 spiro atoms. The summed E-state index contributed by atoms with van der Waals surface area (Å²) in [5.41, 5.74) is 1.26. The van der Waals surface area contributed by atoms with Crippen molar-refractivity contribution in [2.45, 2.75) is 19.0 Å². The summed E-state index contributed by atoms with van der Waals surface area (Å²) < 4.78 is 10.1. The predicted octanol–water partition coefficient (Wildman–Crippen LogP) is 2.74. The number of nitrogens with zero attached hydrogens (tertiary/aromatic N) is 1. The van der Waals surface area contributed by atoms with Gasteiger partial charge in [0.1, 0.15) is 11.3 Å². The number of hydrogen-bond donors (Lipinski definition) is 1. The van der Waals surface area contributed by atoms with E-state index < -0.39 is 5.54 Å². The third kappa shape index (κ3) is 3.73. The van der Waals surface area contributed by atoms with Gasteiger partial charge in [-0.3, -0.25) is 5.32 Å². The first-order valence-corrected chi connectivity index (χ1v) is 7.50. The van der Waals surface area contributed by atoms with E-state index in [0.717, 1.165) is 11.1 Å². The second-order valence-electron chi connectivity index (χ2n) is 5.51. The zero-order valence-electron chi connectivity index (χ0n) is 14.0. The first-order chi connectivity index (χ1) is 11.5. The first kappa shape index (κ1) is 17.5. The van der Waals surface area contributed by atoms with Crippen LogP contribution in [0.5, 0.6) is 5.75 Å². The second kappa shape index (κ2) is 7.62. The molecule has 0 saturated carbocycles. The summed E-state index contributed by atoms with van der Waals surface area (Å²) in [4.78, 5) is 12.4. The summed E-state index contributed by atoms with van der Waals surface area (Å²) in [5, 5.41) is 12.2. The maximum atomic E-state index is 12.4. The Hall–Kier alpha value is -2.84. The molecule has 1 atom stereocenters. The number of carbonyl (C=O) groups is 1. The van der Waals surface area contributed by atoms with Gasteiger partial charge in [0.05, 0.1) is 25.9 Å². The Kier molecular flexibility index (Phi) is 5.56. The summed E-state index contributed by atoms with van der Waals surface area (Å²) in [7, 11) is 2.96. The molecule has 0 saturated heterocycles. The second-order valence-corrected chi connectivity index (χ2v) is 5.51. The number of esters is 1. The quantitative estimate of drug-likeness (QED) is 0.827. The Morgan fingerprint density at radius 2 is 1.92 bits per heavy atom. The first-order valence-electron chi connectivity index (χ1n) is 7.50. The molecule has 5 nitrogen and oxygen atoms in total. The van der Waals surface area contributed by atoms with Crippen LogP contribution in [0, 0.1) is 11.3 Å². The molecule has 2 rings (SSSR count). The Labute approximate surface area is 141 Å². The lowest BCUT2D eigenvalue weighted by Gasteiger charge is -2.29. The molecule has 0 aromatic heterocycles. The fourth-order valence-electron chi connectivity index (χ4n) is 2.45. The predicted molar refractivity (Wildman–Crippen MR) is 90.4 cm³/mol. The van der Waals surface area contributed by atoms with Crippen LogP contribution in [-0.2, 0) is 21.6 Å². The van der Waals surface area contributed by atoms with Crippen LogP contribution in [0.2, 0.25) is 0 Å². The van der Waals surface area contributed by atoms with Gasteiger partial charge in [-0.1, -0.05) is 24.3 Å². The molecule has 0 aliphatic heterocycles. The van der Waals surface area contributed by atoms with Crippen LogP contribution in [0.25, 0.3) is 0 Å². The summed E-state index contributed by atoms with van der Waals surface area (Å²) in [6.45, 7) is 2.20. The lowest BCUT2D eigenvalue weighted by Crippen LogP contribution is -2.47. The molecule has 124 valence electrons. The van der Waals surface area contributed by atoms with Crippen molar-refractivity contribution in [3.8, 4) is 11.8 Å². The van der Waals surface area contributed by atoms with E-state index in [1.807, 2.05) is 24.3 Å². The van der Waals surface area contributed by atoms with Gasteiger partial charge in [0.15, 0.2) is 0 Å². The Balaban J connectivity index is 2.26. The number of carbonyl (C=O) groups excluding carboxylic acids is 1. The van der Waals surface area contributed by atoms with Crippen molar-refractivity contribution in [3.05, 3.63) is 65.2 Å². The molecule has 0 fully saturated rings. The average molecular weight is 324 g/mol. The van der Waals surface area contributed by atoms with Crippen LogP contribution >= 0.6 is 0 Å². The molecular formula is C19H20N2O3. The molecular weight excluding hydrogens is 304 g/mol. The van der Waals surface area contributed by atoms with Crippen molar-refractivity contribution in [1.82, 2.24) is 5.32 Å². The van der Waals surface area contributed by atoms with Crippen LogP contribution in [0.4, 0.5) is 0 Å². The van der Waals surface area contributed by atoms with Crippen LogP contribution in [-0.4, -0.2) is 20.2 Å². The summed E-state index contributed by atoms with van der Waals surface area (Å²) in [6, 6.07) is 16.6. The van der Waals surface area contributed by atoms with Crippen molar-refractivity contribution in [2.75, 3.05) is 14.2 Å². The normalized spacial score (nSPS) is 12.8. The van der Waals surface area contributed by atoms with E-state index in [2.05, 4.69) is 11.4 Å². The molecule has 5 heteroatoms. The molecule has 0 aliphatic rings. The standard InChI is InChI=1S/C19H20N2O3/c1-19(18(22)24-3,16-7-9-17(23-2)10-8-16)21-13-15-6-4-5-14(11-15)12-20/h4-11,21H,13H2,1-3H3. The Morgan fingerprint density at radius 1 is 1.21 bits per heavy atom. The molecule has 24 heavy (non-hydrogen) atoms. The van der Waals surface area contributed by atoms with Crippen molar-refractivity contribution < 1.29 is 14.3 Å². The smallest absolute Gasteiger partial charge is 0.330 e. The number of rotatable bonds is 6. The highest BCUT2D eigenvalue weighted by molar-refractivity contribution is 5.82. The average Bonchev–Trinajstić information content (AvgIpc) is 2.65. The van der Waals surface area contributed by atoms with Crippen molar-refractivity contribution >= 4 is 5.97 Å². The number of benzene rings is 2. The number of hydrogen-bond acceptors (Lipinski definition) is 5. The third-order valence-corrected chi connectivity index (χ3v) is 3.96. The van der Waals surface area contributed by atoms with Gasteiger partial charge < -0.3 is 9.47 Å². The highest BCUT2D eigenvalue weighted by Gasteiger charge is 2.35. The highest BCUT2D eigenvalue weighted by Crippen LogP contribution is 2.25. The lowest BCUT2D eigenvalue weighted by molar-refractivity contribution is -0.148. The fraction of sp³-hybridized carbons (Fsp3) is 0.263. The minimum Gasteiger partial charge on any atom is -0.497 e. The number of ether oxygens (including phenoxy) is 2. The maximum Gasteiger partial charge on any atom is 0.330 e. The van der Waals surface area contributed by atoms with Crippen molar-refractivity contribution in [1.29, 1.82) is 5.26 Å². The van der Waals surface area contributed by atoms with Gasteiger partial charge in [-0.05, 0) is 42.3 Å². The van der Waals surface area contributed by atoms with E-state index in [0.29, 0.717) is 17.9 Å². The van der Waals surface area contributed by atoms with Gasteiger partial charge >= 0.3 is 5.97 Å². The number of nitrogens with one attached hydrogen (secondary N) is 1. The molecule has 2 aromatic rings. The molecule has 0 radical (unpaired) electrons. The number of nitriles is 1. The van der Waals surface area contributed by atoms with Gasteiger partial charge in [0, 0.05) is 6.54 Å². The Bertz CT molecular complexity index is 750. The summed E-state index contributed by atoms with van der Waals surface area (Å²) in [5.74, 6) is 0.330. The minimum absolute atomic E-state index is 0.385. The highest BCUT2D eigenvalue weighted by atomic mass is 16.5. The lowest BCUT2D eigenvalue weighted by atomic mass is 9.91. The van der Waals surface area contributed by atoms with E-state index in [1.165, 1.54) is 7.11 Å². The topological polar surface area (TPSA) is 71.3 Å². The molecule has 1 N–H and O–H groups in total. The summed E-state index contributed by atoms with van der Waals surface area (Å²) in [6.07, 6.45) is 0. The zero-order chi connectivity index (χ0) is 17.6. The molecule has 0 aliphatic carbocycles. The molecule has 0 amide bonds. The van der Waals surface area contributed by atoms with Gasteiger partial charge in [0.2, 0.25) is 0 Å². The maximum absolute atomic E-state index is 12.4. The monoisotopic (exact) mass is 324 g/mol. The molecule has 1 unspecified atom stereocenters. The van der Waals surface area contributed by atoms with E-state index in [-0.39, 0.29) is 5.97 Å². The van der Waals surface area contributed by atoms with E-state index >= 15 is 0 Å². The SMILES string of the molecule is COC(=O)C(C)(NCc1cccc(C#N)c1)c1ccc(OC)cc1. The fourth-order valence-corrected chi connectivity index (χ4v) is 2.45. The molecule has 0 heterocycles. The van der Waals surface area contributed by atoms with Crippen LogP contribution in [0.1, 0.15) is 23.6 Å². The van der Waals surface area contributed by atoms with Gasteiger partial charge in [-0.2, -0.15) is 5.26 Å². The van der Waals surface area contributed by atoms with Gasteiger partial charge in [0.25, 0.3) is 0 Å². The van der Waals surface area contributed by atoms with Crippen LogP contribution in [0.15, 0.2) is 48.5 Å². The molecule has 2 aromatic carbocycles. The third-order valence-electron chi connectivity index (χ3n) is 3.96. The van der Waals surface area contributed by atoms with Crippen LogP contribution in [0.3, 0.4) is 0 Å². The minimum atomic E-state index is -1.01. The number of methoxy groups -OCH3 is 2. The summed E-state index contributed by atoms with van der Waals surface area (Å²) >= 11 is 0. The van der Waals surface area contributed by atoms with Gasteiger partial charge in [-0.15, -0.1) is 0 Å². The van der Waals surface area contributed by atoms with Crippen molar-refractivity contribution in [2.24, 2.45) is 0 Å². The Morgan fingerprint density at radius 3 is 2.50 bits per heavy atom. The van der Waals surface area contributed by atoms with E-state index in [9.17, 15) is 4.79 Å². The van der Waals surface area contributed by atoms with E-state index in [1.54, 1.807) is 38.3 Å². The van der Waals surface area contributed by atoms with Crippen LogP contribution < -0.4 is 10.1 Å².